The van der Waals surface area contributed by atoms with Gasteiger partial charge >= 0.3 is 0 Å². The molecule has 3 heteroatoms. The van der Waals surface area contributed by atoms with E-state index in [9.17, 15) is 0 Å². The van der Waals surface area contributed by atoms with Crippen molar-refractivity contribution in [3.8, 4) is 11.1 Å². The van der Waals surface area contributed by atoms with E-state index in [4.69, 9.17) is 17.3 Å². The second-order valence-electron chi connectivity index (χ2n) is 3.35. The molecule has 0 spiro atoms. The third-order valence-corrected chi connectivity index (χ3v) is 3.68. The molecule has 2 aromatic rings. The Morgan fingerprint density at radius 1 is 1.27 bits per heavy atom. The topological polar surface area (TPSA) is 26.0 Å². The lowest BCUT2D eigenvalue weighted by molar-refractivity contribution is 1.19. The number of rotatable bonds is 2. The summed E-state index contributed by atoms with van der Waals surface area (Å²) in [7, 11) is 0. The summed E-state index contributed by atoms with van der Waals surface area (Å²) in [5, 5.41) is 1.64. The molecule has 0 bridgehead atoms. The molecular weight excluding hydrogens is 226 g/mol. The van der Waals surface area contributed by atoms with Crippen LogP contribution in [0.4, 0.5) is 5.00 Å². The number of thiophene rings is 1. The lowest BCUT2D eigenvalue weighted by atomic mass is 10.1. The van der Waals surface area contributed by atoms with Gasteiger partial charge in [-0.15, -0.1) is 11.3 Å². The highest BCUT2D eigenvalue weighted by atomic mass is 35.5. The summed E-state index contributed by atoms with van der Waals surface area (Å²) in [5.74, 6) is 0. The fourth-order valence-corrected chi connectivity index (χ4v) is 2.50. The molecular formula is C12H12ClNS. The number of benzene rings is 1. The van der Waals surface area contributed by atoms with Crippen LogP contribution >= 0.6 is 22.9 Å². The van der Waals surface area contributed by atoms with Crippen LogP contribution in [0.15, 0.2) is 30.3 Å². The quantitative estimate of drug-likeness (QED) is 0.832. The first-order chi connectivity index (χ1) is 7.20. The van der Waals surface area contributed by atoms with Gasteiger partial charge in [-0.2, -0.15) is 0 Å². The summed E-state index contributed by atoms with van der Waals surface area (Å²) in [6.07, 6.45) is 1.03. The summed E-state index contributed by atoms with van der Waals surface area (Å²) >= 11 is 7.50. The van der Waals surface area contributed by atoms with Crippen molar-refractivity contribution in [2.24, 2.45) is 0 Å². The molecule has 1 aromatic heterocycles. The van der Waals surface area contributed by atoms with Crippen molar-refractivity contribution in [3.63, 3.8) is 0 Å². The molecule has 2 N–H and O–H groups in total. The van der Waals surface area contributed by atoms with Crippen molar-refractivity contribution in [3.05, 3.63) is 40.2 Å². The molecule has 1 aromatic carbocycles. The number of anilines is 1. The van der Waals surface area contributed by atoms with Gasteiger partial charge in [0, 0.05) is 15.5 Å². The van der Waals surface area contributed by atoms with Crippen LogP contribution in [0.3, 0.4) is 0 Å². The third kappa shape index (κ3) is 2.16. The molecule has 0 aliphatic carbocycles. The van der Waals surface area contributed by atoms with Crippen molar-refractivity contribution in [1.29, 1.82) is 0 Å². The number of nitrogen functional groups attached to an aromatic ring is 1. The SMILES string of the molecule is CCc1cc(-c2ccc(Cl)cc2)c(N)s1. The van der Waals surface area contributed by atoms with E-state index >= 15 is 0 Å². The van der Waals surface area contributed by atoms with E-state index in [1.54, 1.807) is 11.3 Å². The van der Waals surface area contributed by atoms with Gasteiger partial charge < -0.3 is 5.73 Å². The van der Waals surface area contributed by atoms with Gasteiger partial charge in [-0.25, -0.2) is 0 Å². The van der Waals surface area contributed by atoms with E-state index in [0.717, 1.165) is 27.6 Å². The van der Waals surface area contributed by atoms with E-state index in [1.165, 1.54) is 4.88 Å². The van der Waals surface area contributed by atoms with Gasteiger partial charge in [-0.3, -0.25) is 0 Å². The highest BCUT2D eigenvalue weighted by molar-refractivity contribution is 7.16. The number of hydrogen-bond donors (Lipinski definition) is 1. The van der Waals surface area contributed by atoms with Crippen LogP contribution in [-0.4, -0.2) is 0 Å². The van der Waals surface area contributed by atoms with Crippen molar-refractivity contribution >= 4 is 27.9 Å². The molecule has 0 saturated heterocycles. The van der Waals surface area contributed by atoms with Gasteiger partial charge in [0.2, 0.25) is 0 Å². The van der Waals surface area contributed by atoms with Crippen molar-refractivity contribution < 1.29 is 0 Å². The first-order valence-electron chi connectivity index (χ1n) is 4.85. The Morgan fingerprint density at radius 2 is 1.93 bits per heavy atom. The predicted molar refractivity (Wildman–Crippen MR) is 68.6 cm³/mol. The van der Waals surface area contributed by atoms with E-state index in [2.05, 4.69) is 13.0 Å². The fourth-order valence-electron chi connectivity index (χ4n) is 1.49. The van der Waals surface area contributed by atoms with Crippen LogP contribution in [0.25, 0.3) is 11.1 Å². The minimum atomic E-state index is 0.753. The van der Waals surface area contributed by atoms with Crippen LogP contribution in [0.5, 0.6) is 0 Å². The Bertz CT molecular complexity index is 459. The Morgan fingerprint density at radius 3 is 2.47 bits per heavy atom. The maximum absolute atomic E-state index is 5.97. The van der Waals surface area contributed by atoms with Crippen molar-refractivity contribution in [2.75, 3.05) is 5.73 Å². The second-order valence-corrected chi connectivity index (χ2v) is 4.96. The lowest BCUT2D eigenvalue weighted by Crippen LogP contribution is -1.82. The summed E-state index contributed by atoms with van der Waals surface area (Å²) in [4.78, 5) is 1.32. The zero-order chi connectivity index (χ0) is 10.8. The minimum absolute atomic E-state index is 0.753. The summed E-state index contributed by atoms with van der Waals surface area (Å²) in [6, 6.07) is 9.93. The number of aryl methyl sites for hydroxylation is 1. The molecule has 2 rings (SSSR count). The third-order valence-electron chi connectivity index (χ3n) is 2.32. The molecule has 0 radical (unpaired) electrons. The molecule has 0 saturated carbocycles. The Hall–Kier alpha value is -0.990. The van der Waals surface area contributed by atoms with E-state index in [-0.39, 0.29) is 0 Å². The van der Waals surface area contributed by atoms with E-state index in [1.807, 2.05) is 24.3 Å². The highest BCUT2D eigenvalue weighted by Gasteiger charge is 2.06. The Kier molecular flexibility index (Phi) is 2.98. The van der Waals surface area contributed by atoms with Gasteiger partial charge in [0.05, 0.1) is 5.00 Å². The number of nitrogens with two attached hydrogens (primary N) is 1. The first kappa shape index (κ1) is 10.5. The lowest BCUT2D eigenvalue weighted by Gasteiger charge is -1.99. The molecule has 0 fully saturated rings. The fraction of sp³-hybridized carbons (Fsp3) is 0.167. The zero-order valence-electron chi connectivity index (χ0n) is 8.46. The van der Waals surface area contributed by atoms with Gasteiger partial charge in [0.15, 0.2) is 0 Å². The summed E-state index contributed by atoms with van der Waals surface area (Å²) in [5.41, 5.74) is 8.22. The molecule has 0 aliphatic heterocycles. The first-order valence-corrected chi connectivity index (χ1v) is 6.04. The highest BCUT2D eigenvalue weighted by Crippen LogP contribution is 2.34. The minimum Gasteiger partial charge on any atom is -0.390 e. The molecule has 78 valence electrons. The maximum Gasteiger partial charge on any atom is 0.0938 e. The maximum atomic E-state index is 5.97. The number of hydrogen-bond acceptors (Lipinski definition) is 2. The van der Waals surface area contributed by atoms with Crippen LogP contribution in [0.2, 0.25) is 5.02 Å². The van der Waals surface area contributed by atoms with E-state index < -0.39 is 0 Å². The normalized spacial score (nSPS) is 10.5. The van der Waals surface area contributed by atoms with Gasteiger partial charge in [0.25, 0.3) is 0 Å². The summed E-state index contributed by atoms with van der Waals surface area (Å²) < 4.78 is 0. The molecule has 0 unspecified atom stereocenters. The summed E-state index contributed by atoms with van der Waals surface area (Å²) in [6.45, 7) is 2.14. The Balaban J connectivity index is 2.44. The van der Waals surface area contributed by atoms with Crippen LogP contribution in [0, 0.1) is 0 Å². The molecule has 0 atom stereocenters. The predicted octanol–water partition coefficient (Wildman–Crippen LogP) is 4.21. The molecule has 1 nitrogen and oxygen atoms in total. The van der Waals surface area contributed by atoms with Crippen molar-refractivity contribution in [2.45, 2.75) is 13.3 Å². The molecule has 15 heavy (non-hydrogen) atoms. The van der Waals surface area contributed by atoms with Crippen molar-refractivity contribution in [1.82, 2.24) is 0 Å². The second kappa shape index (κ2) is 4.25. The number of halogens is 1. The monoisotopic (exact) mass is 237 g/mol. The van der Waals surface area contributed by atoms with E-state index in [0.29, 0.717) is 0 Å². The average molecular weight is 238 g/mol. The zero-order valence-corrected chi connectivity index (χ0v) is 10.0. The smallest absolute Gasteiger partial charge is 0.0938 e. The van der Waals surface area contributed by atoms with Gasteiger partial charge in [-0.1, -0.05) is 30.7 Å². The average Bonchev–Trinajstić information content (AvgIpc) is 2.61. The van der Waals surface area contributed by atoms with Gasteiger partial charge in [-0.05, 0) is 30.2 Å². The molecule has 1 heterocycles. The standard InChI is InChI=1S/C12H12ClNS/c1-2-10-7-11(12(14)15-10)8-3-5-9(13)6-4-8/h3-7H,2,14H2,1H3. The van der Waals surface area contributed by atoms with Crippen LogP contribution in [-0.2, 0) is 6.42 Å². The Labute approximate surface area is 98.5 Å². The molecule has 0 aliphatic rings. The van der Waals surface area contributed by atoms with Crippen LogP contribution < -0.4 is 5.73 Å². The van der Waals surface area contributed by atoms with Crippen LogP contribution in [0.1, 0.15) is 11.8 Å². The van der Waals surface area contributed by atoms with Gasteiger partial charge in [0.1, 0.15) is 0 Å². The largest absolute Gasteiger partial charge is 0.390 e. The molecule has 0 amide bonds.